The lowest BCUT2D eigenvalue weighted by Gasteiger charge is -2.13. The molecule has 3 aromatic rings. The second kappa shape index (κ2) is 8.16. The normalized spacial score (nSPS) is 11.3. The molecule has 134 valence electrons. The van der Waals surface area contributed by atoms with Crippen molar-refractivity contribution in [2.75, 3.05) is 4.72 Å². The topological polar surface area (TPSA) is 46.2 Å². The van der Waals surface area contributed by atoms with E-state index in [2.05, 4.69) is 4.72 Å². The smallest absolute Gasteiger partial charge is 0.261 e. The lowest BCUT2D eigenvalue weighted by Crippen LogP contribution is -2.13. The molecule has 0 fully saturated rings. The van der Waals surface area contributed by atoms with Crippen LogP contribution in [0.25, 0.3) is 0 Å². The van der Waals surface area contributed by atoms with Gasteiger partial charge >= 0.3 is 0 Å². The van der Waals surface area contributed by atoms with Crippen LogP contribution in [0.2, 0.25) is 5.02 Å². The summed E-state index contributed by atoms with van der Waals surface area (Å²) in [5.41, 5.74) is 2.66. The summed E-state index contributed by atoms with van der Waals surface area (Å²) in [6, 6.07) is 22.0. The average Bonchev–Trinajstić information content (AvgIpc) is 2.62. The summed E-state index contributed by atoms with van der Waals surface area (Å²) in [5, 5.41) is 0.482. The molecule has 0 amide bonds. The van der Waals surface area contributed by atoms with Crippen LogP contribution >= 0.6 is 23.4 Å². The highest BCUT2D eigenvalue weighted by Gasteiger charge is 2.16. The number of hydrogen-bond donors (Lipinski definition) is 1. The predicted octanol–water partition coefficient (Wildman–Crippen LogP) is 5.74. The van der Waals surface area contributed by atoms with E-state index in [0.717, 1.165) is 16.2 Å². The number of sulfonamides is 1. The molecule has 0 radical (unpaired) electrons. The van der Waals surface area contributed by atoms with Gasteiger partial charge in [0.2, 0.25) is 0 Å². The highest BCUT2D eigenvalue weighted by atomic mass is 35.5. The fourth-order valence-corrected chi connectivity index (χ4v) is 4.62. The second-order valence-electron chi connectivity index (χ2n) is 5.83. The first kappa shape index (κ1) is 18.8. The molecule has 3 aromatic carbocycles. The van der Waals surface area contributed by atoms with E-state index in [1.54, 1.807) is 48.2 Å². The quantitative estimate of drug-likeness (QED) is 0.533. The van der Waals surface area contributed by atoms with Crippen molar-refractivity contribution in [2.45, 2.75) is 22.5 Å². The number of rotatable bonds is 6. The van der Waals surface area contributed by atoms with E-state index in [1.165, 1.54) is 5.56 Å². The molecule has 1 N–H and O–H groups in total. The van der Waals surface area contributed by atoms with Crippen molar-refractivity contribution in [3.05, 3.63) is 88.9 Å². The van der Waals surface area contributed by atoms with E-state index in [4.69, 9.17) is 11.6 Å². The molecule has 0 saturated heterocycles. The number of aryl methyl sites for hydroxylation is 1. The molecule has 0 aromatic heterocycles. The summed E-state index contributed by atoms with van der Waals surface area (Å²) >= 11 is 7.65. The molecule has 0 aliphatic heterocycles. The van der Waals surface area contributed by atoms with E-state index in [1.807, 2.05) is 43.3 Å². The maximum atomic E-state index is 12.7. The van der Waals surface area contributed by atoms with Gasteiger partial charge in [0.25, 0.3) is 10.0 Å². The van der Waals surface area contributed by atoms with Gasteiger partial charge in [0, 0.05) is 15.7 Å². The molecular formula is C20H18ClNO2S2. The molecular weight excluding hydrogens is 386 g/mol. The third kappa shape index (κ3) is 4.81. The Balaban J connectivity index is 1.84. The lowest BCUT2D eigenvalue weighted by molar-refractivity contribution is 0.601. The van der Waals surface area contributed by atoms with Crippen LogP contribution in [0.5, 0.6) is 0 Å². The van der Waals surface area contributed by atoms with Crippen molar-refractivity contribution in [3.63, 3.8) is 0 Å². The number of nitrogens with one attached hydrogen (secondary N) is 1. The first-order valence-corrected chi connectivity index (χ1v) is 10.8. The third-order valence-electron chi connectivity index (χ3n) is 3.75. The van der Waals surface area contributed by atoms with Crippen molar-refractivity contribution >= 4 is 39.1 Å². The fourth-order valence-electron chi connectivity index (χ4n) is 2.36. The van der Waals surface area contributed by atoms with Gasteiger partial charge in [0.15, 0.2) is 0 Å². The highest BCUT2D eigenvalue weighted by molar-refractivity contribution is 7.98. The number of hydrogen-bond acceptors (Lipinski definition) is 3. The maximum absolute atomic E-state index is 12.7. The number of benzene rings is 3. The Labute approximate surface area is 163 Å². The standard InChI is InChI=1S/C20H18ClNO2S2/c1-15-7-10-18(11-8-15)26(23,24)22-19-13-17(21)9-12-20(19)25-14-16-5-3-2-4-6-16/h2-13,22H,14H2,1H3. The van der Waals surface area contributed by atoms with Crippen molar-refractivity contribution in [1.29, 1.82) is 0 Å². The number of anilines is 1. The summed E-state index contributed by atoms with van der Waals surface area (Å²) in [5.74, 6) is 0.738. The minimum atomic E-state index is -3.67. The van der Waals surface area contributed by atoms with Gasteiger partial charge in [-0.25, -0.2) is 8.42 Å². The van der Waals surface area contributed by atoms with Gasteiger partial charge < -0.3 is 0 Å². The fraction of sp³-hybridized carbons (Fsp3) is 0.100. The molecule has 6 heteroatoms. The van der Waals surface area contributed by atoms with E-state index in [9.17, 15) is 8.42 Å². The zero-order valence-corrected chi connectivity index (χ0v) is 16.5. The van der Waals surface area contributed by atoms with Gasteiger partial charge in [0.1, 0.15) is 0 Å². The van der Waals surface area contributed by atoms with Crippen molar-refractivity contribution in [1.82, 2.24) is 0 Å². The predicted molar refractivity (Wildman–Crippen MR) is 109 cm³/mol. The molecule has 0 unspecified atom stereocenters. The lowest BCUT2D eigenvalue weighted by atomic mass is 10.2. The Morgan fingerprint density at radius 3 is 2.35 bits per heavy atom. The van der Waals surface area contributed by atoms with Gasteiger partial charge in [-0.15, -0.1) is 11.8 Å². The van der Waals surface area contributed by atoms with Gasteiger partial charge in [-0.3, -0.25) is 4.72 Å². The first-order chi connectivity index (χ1) is 12.4. The molecule has 3 nitrogen and oxygen atoms in total. The number of halogens is 1. The van der Waals surface area contributed by atoms with Gasteiger partial charge in [0.05, 0.1) is 10.6 Å². The second-order valence-corrected chi connectivity index (χ2v) is 8.97. The molecule has 26 heavy (non-hydrogen) atoms. The molecule has 0 aliphatic rings. The van der Waals surface area contributed by atoms with E-state index in [-0.39, 0.29) is 4.90 Å². The Hall–Kier alpha value is -1.95. The SMILES string of the molecule is Cc1ccc(S(=O)(=O)Nc2cc(Cl)ccc2SCc2ccccc2)cc1. The largest absolute Gasteiger partial charge is 0.278 e. The molecule has 0 atom stereocenters. The Morgan fingerprint density at radius 2 is 1.65 bits per heavy atom. The summed E-state index contributed by atoms with van der Waals surface area (Å²) in [6.07, 6.45) is 0. The summed E-state index contributed by atoms with van der Waals surface area (Å²) in [7, 11) is -3.67. The van der Waals surface area contributed by atoms with Crippen LogP contribution in [0.1, 0.15) is 11.1 Å². The molecule has 0 spiro atoms. The molecule has 0 saturated carbocycles. The van der Waals surface area contributed by atoms with Crippen LogP contribution in [0.4, 0.5) is 5.69 Å². The van der Waals surface area contributed by atoms with Gasteiger partial charge in [-0.05, 0) is 42.8 Å². The Bertz CT molecular complexity index is 988. The van der Waals surface area contributed by atoms with Crippen molar-refractivity contribution in [2.24, 2.45) is 0 Å². The summed E-state index contributed by atoms with van der Waals surface area (Å²) in [6.45, 7) is 1.92. The molecule has 0 aliphatic carbocycles. The van der Waals surface area contributed by atoms with E-state index >= 15 is 0 Å². The van der Waals surface area contributed by atoms with Crippen LogP contribution in [0.3, 0.4) is 0 Å². The third-order valence-corrected chi connectivity index (χ3v) is 6.52. The zero-order chi connectivity index (χ0) is 18.6. The summed E-state index contributed by atoms with van der Waals surface area (Å²) in [4.78, 5) is 1.05. The van der Waals surface area contributed by atoms with Crippen molar-refractivity contribution < 1.29 is 8.42 Å². The van der Waals surface area contributed by atoms with Crippen LogP contribution < -0.4 is 4.72 Å². The van der Waals surface area contributed by atoms with Crippen molar-refractivity contribution in [3.8, 4) is 0 Å². The van der Waals surface area contributed by atoms with Gasteiger partial charge in [-0.2, -0.15) is 0 Å². The van der Waals surface area contributed by atoms with E-state index < -0.39 is 10.0 Å². The maximum Gasteiger partial charge on any atom is 0.261 e. The Morgan fingerprint density at radius 1 is 0.962 bits per heavy atom. The zero-order valence-electron chi connectivity index (χ0n) is 14.1. The monoisotopic (exact) mass is 403 g/mol. The summed E-state index contributed by atoms with van der Waals surface area (Å²) < 4.78 is 28.0. The van der Waals surface area contributed by atoms with Gasteiger partial charge in [-0.1, -0.05) is 59.6 Å². The van der Waals surface area contributed by atoms with Crippen LogP contribution in [-0.2, 0) is 15.8 Å². The molecule has 0 bridgehead atoms. The van der Waals surface area contributed by atoms with E-state index in [0.29, 0.717) is 10.7 Å². The first-order valence-electron chi connectivity index (χ1n) is 8.00. The molecule has 3 rings (SSSR count). The minimum absolute atomic E-state index is 0.224. The minimum Gasteiger partial charge on any atom is -0.278 e. The number of thioether (sulfide) groups is 1. The Kier molecular flexibility index (Phi) is 5.91. The average molecular weight is 404 g/mol. The molecule has 0 heterocycles. The van der Waals surface area contributed by atoms with Crippen LogP contribution in [-0.4, -0.2) is 8.42 Å². The van der Waals surface area contributed by atoms with Crippen LogP contribution in [0, 0.1) is 6.92 Å². The highest BCUT2D eigenvalue weighted by Crippen LogP contribution is 2.33. The van der Waals surface area contributed by atoms with Crippen LogP contribution in [0.15, 0.2) is 82.6 Å².